The summed E-state index contributed by atoms with van der Waals surface area (Å²) in [6, 6.07) is 5.31. The molecule has 2 aromatic rings. The highest BCUT2D eigenvalue weighted by molar-refractivity contribution is 5.57. The Morgan fingerprint density at radius 1 is 1.50 bits per heavy atom. The van der Waals surface area contributed by atoms with E-state index < -0.39 is 4.92 Å². The van der Waals surface area contributed by atoms with Crippen LogP contribution >= 0.6 is 0 Å². The topological polar surface area (TPSA) is 118 Å². The lowest BCUT2D eigenvalue weighted by Crippen LogP contribution is -1.90. The summed E-state index contributed by atoms with van der Waals surface area (Å²) >= 11 is 0. The van der Waals surface area contributed by atoms with Crippen molar-refractivity contribution in [2.24, 2.45) is 0 Å². The standard InChI is InChI=1S/C6H6N2O3.C3H4N2/c7-5-3-4(8(10)11)1-2-6(5)9;1-2-4-5-3-1/h1-3,9H,7H2;1-3H,(H,4,5). The van der Waals surface area contributed by atoms with Gasteiger partial charge in [0, 0.05) is 24.5 Å². The molecule has 0 radical (unpaired) electrons. The molecule has 0 fully saturated rings. The predicted molar refractivity (Wildman–Crippen MR) is 57.8 cm³/mol. The van der Waals surface area contributed by atoms with Crippen molar-refractivity contribution in [2.75, 3.05) is 5.73 Å². The van der Waals surface area contributed by atoms with Crippen molar-refractivity contribution < 1.29 is 10.0 Å². The van der Waals surface area contributed by atoms with E-state index in [0.717, 1.165) is 6.07 Å². The minimum Gasteiger partial charge on any atom is -0.506 e. The number of anilines is 1. The summed E-state index contributed by atoms with van der Waals surface area (Å²) in [6.07, 6.45) is 3.46. The van der Waals surface area contributed by atoms with Crippen molar-refractivity contribution in [3.63, 3.8) is 0 Å². The number of nitro groups is 1. The number of nitrogens with zero attached hydrogens (tertiary/aromatic N) is 2. The zero-order chi connectivity index (χ0) is 12.0. The maximum absolute atomic E-state index is 10.1. The summed E-state index contributed by atoms with van der Waals surface area (Å²) in [5.41, 5.74) is 5.09. The number of nitro benzene ring substituents is 1. The SMILES string of the molecule is Nc1cc([N+](=O)[O-])ccc1O.c1cn[nH]c1. The average molecular weight is 222 g/mol. The zero-order valence-corrected chi connectivity index (χ0v) is 8.20. The summed E-state index contributed by atoms with van der Waals surface area (Å²) in [6.45, 7) is 0. The number of hydrogen-bond donors (Lipinski definition) is 3. The molecule has 84 valence electrons. The second-order valence-corrected chi connectivity index (χ2v) is 2.77. The molecule has 0 aliphatic rings. The first-order valence-corrected chi connectivity index (χ1v) is 4.28. The molecule has 0 unspecified atom stereocenters. The molecule has 0 saturated heterocycles. The van der Waals surface area contributed by atoms with E-state index in [2.05, 4.69) is 10.2 Å². The number of rotatable bonds is 1. The number of aromatic amines is 1. The number of aromatic hydroxyl groups is 1. The van der Waals surface area contributed by atoms with Crippen molar-refractivity contribution in [3.8, 4) is 5.75 Å². The van der Waals surface area contributed by atoms with Crippen LogP contribution in [0.3, 0.4) is 0 Å². The number of H-pyrrole nitrogens is 1. The molecule has 0 amide bonds. The molecule has 0 spiro atoms. The van der Waals surface area contributed by atoms with Gasteiger partial charge in [0.15, 0.2) is 0 Å². The fraction of sp³-hybridized carbons (Fsp3) is 0. The van der Waals surface area contributed by atoms with Crippen LogP contribution in [0.5, 0.6) is 5.75 Å². The molecule has 16 heavy (non-hydrogen) atoms. The average Bonchev–Trinajstić information content (AvgIpc) is 2.80. The Morgan fingerprint density at radius 2 is 2.25 bits per heavy atom. The Hall–Kier alpha value is -2.57. The number of phenols is 1. The van der Waals surface area contributed by atoms with Crippen LogP contribution in [0.15, 0.2) is 36.7 Å². The third-order valence-electron chi connectivity index (χ3n) is 1.63. The molecule has 0 atom stereocenters. The van der Waals surface area contributed by atoms with Gasteiger partial charge in [-0.25, -0.2) is 0 Å². The van der Waals surface area contributed by atoms with Crippen LogP contribution < -0.4 is 5.73 Å². The molecule has 1 aromatic carbocycles. The van der Waals surface area contributed by atoms with Crippen LogP contribution in [0.25, 0.3) is 0 Å². The highest BCUT2D eigenvalue weighted by Gasteiger charge is 2.06. The third-order valence-corrected chi connectivity index (χ3v) is 1.63. The summed E-state index contributed by atoms with van der Waals surface area (Å²) in [5.74, 6) is -0.143. The van der Waals surface area contributed by atoms with Crippen LogP contribution in [0.1, 0.15) is 0 Å². The van der Waals surface area contributed by atoms with Crippen LogP contribution in [0, 0.1) is 10.1 Å². The number of hydrogen-bond acceptors (Lipinski definition) is 5. The molecule has 0 saturated carbocycles. The molecule has 7 heteroatoms. The monoisotopic (exact) mass is 222 g/mol. The van der Waals surface area contributed by atoms with Crippen LogP contribution in [0.2, 0.25) is 0 Å². The minimum absolute atomic E-state index is 0.0131. The lowest BCUT2D eigenvalue weighted by molar-refractivity contribution is -0.384. The lowest BCUT2D eigenvalue weighted by atomic mass is 10.2. The van der Waals surface area contributed by atoms with E-state index >= 15 is 0 Å². The van der Waals surface area contributed by atoms with Gasteiger partial charge in [0.05, 0.1) is 10.6 Å². The number of phenolic OH excluding ortho intramolecular Hbond substituents is 1. The highest BCUT2D eigenvalue weighted by atomic mass is 16.6. The van der Waals surface area contributed by atoms with E-state index in [0.29, 0.717) is 0 Å². The molecule has 1 heterocycles. The van der Waals surface area contributed by atoms with Crippen LogP contribution in [0.4, 0.5) is 11.4 Å². The second kappa shape index (κ2) is 5.35. The Bertz CT molecular complexity index is 439. The van der Waals surface area contributed by atoms with E-state index in [-0.39, 0.29) is 17.1 Å². The smallest absolute Gasteiger partial charge is 0.271 e. The van der Waals surface area contributed by atoms with Gasteiger partial charge < -0.3 is 10.8 Å². The number of aromatic nitrogens is 2. The Kier molecular flexibility index (Phi) is 3.84. The Morgan fingerprint density at radius 3 is 2.62 bits per heavy atom. The first kappa shape index (κ1) is 11.5. The van der Waals surface area contributed by atoms with Gasteiger partial charge in [0.1, 0.15) is 5.75 Å². The molecule has 2 rings (SSSR count). The van der Waals surface area contributed by atoms with Crippen molar-refractivity contribution in [3.05, 3.63) is 46.8 Å². The Labute approximate surface area is 90.7 Å². The normalized spacial score (nSPS) is 9.00. The Balaban J connectivity index is 0.000000212. The predicted octanol–water partition coefficient (Wildman–Crippen LogP) is 1.29. The first-order chi connectivity index (χ1) is 7.61. The maximum atomic E-state index is 10.1. The summed E-state index contributed by atoms with van der Waals surface area (Å²) in [4.78, 5) is 9.56. The van der Waals surface area contributed by atoms with Gasteiger partial charge in [-0.15, -0.1) is 0 Å². The van der Waals surface area contributed by atoms with Gasteiger partial charge in [0.25, 0.3) is 5.69 Å². The largest absolute Gasteiger partial charge is 0.506 e. The number of nitrogens with one attached hydrogen (secondary N) is 1. The van der Waals surface area contributed by atoms with E-state index in [1.165, 1.54) is 12.1 Å². The molecular formula is C9H10N4O3. The van der Waals surface area contributed by atoms with E-state index in [9.17, 15) is 10.1 Å². The number of benzene rings is 1. The minimum atomic E-state index is -0.574. The van der Waals surface area contributed by atoms with Crippen molar-refractivity contribution in [2.45, 2.75) is 0 Å². The molecule has 0 bridgehead atoms. The highest BCUT2D eigenvalue weighted by Crippen LogP contribution is 2.24. The van der Waals surface area contributed by atoms with E-state index in [4.69, 9.17) is 10.8 Å². The van der Waals surface area contributed by atoms with Crippen LogP contribution in [-0.4, -0.2) is 20.2 Å². The number of non-ortho nitro benzene ring substituents is 1. The molecule has 7 nitrogen and oxygen atoms in total. The second-order valence-electron chi connectivity index (χ2n) is 2.77. The van der Waals surface area contributed by atoms with Gasteiger partial charge in [-0.1, -0.05) is 0 Å². The van der Waals surface area contributed by atoms with Crippen molar-refractivity contribution in [1.29, 1.82) is 0 Å². The lowest BCUT2D eigenvalue weighted by Gasteiger charge is -1.96. The summed E-state index contributed by atoms with van der Waals surface area (Å²) in [5, 5.41) is 25.2. The molecular weight excluding hydrogens is 212 g/mol. The third kappa shape index (κ3) is 3.29. The van der Waals surface area contributed by atoms with E-state index in [1.54, 1.807) is 12.4 Å². The molecule has 4 N–H and O–H groups in total. The molecule has 1 aromatic heterocycles. The maximum Gasteiger partial charge on any atom is 0.271 e. The van der Waals surface area contributed by atoms with Gasteiger partial charge in [-0.05, 0) is 12.1 Å². The molecule has 0 aliphatic carbocycles. The quantitative estimate of drug-likeness (QED) is 0.291. The summed E-state index contributed by atoms with van der Waals surface area (Å²) < 4.78 is 0. The number of nitrogens with two attached hydrogens (primary N) is 1. The fourth-order valence-corrected chi connectivity index (χ4v) is 0.871. The zero-order valence-electron chi connectivity index (χ0n) is 8.20. The number of nitrogen functional groups attached to an aromatic ring is 1. The van der Waals surface area contributed by atoms with E-state index in [1.807, 2.05) is 6.07 Å². The van der Waals surface area contributed by atoms with Crippen molar-refractivity contribution >= 4 is 11.4 Å². The van der Waals surface area contributed by atoms with Gasteiger partial charge >= 0.3 is 0 Å². The fourth-order valence-electron chi connectivity index (χ4n) is 0.871. The molecule has 0 aliphatic heterocycles. The van der Waals surface area contributed by atoms with Gasteiger partial charge in [-0.3, -0.25) is 15.2 Å². The van der Waals surface area contributed by atoms with Crippen LogP contribution in [-0.2, 0) is 0 Å². The first-order valence-electron chi connectivity index (χ1n) is 4.28. The van der Waals surface area contributed by atoms with Crippen molar-refractivity contribution in [1.82, 2.24) is 10.2 Å². The summed E-state index contributed by atoms with van der Waals surface area (Å²) in [7, 11) is 0. The van der Waals surface area contributed by atoms with Gasteiger partial charge in [-0.2, -0.15) is 5.10 Å². The van der Waals surface area contributed by atoms with Gasteiger partial charge in [0.2, 0.25) is 0 Å².